The third-order valence-electron chi connectivity index (χ3n) is 4.38. The van der Waals surface area contributed by atoms with E-state index in [9.17, 15) is 9.59 Å². The Morgan fingerprint density at radius 3 is 2.86 bits per heavy atom. The van der Waals surface area contributed by atoms with E-state index in [-0.39, 0.29) is 24.3 Å². The van der Waals surface area contributed by atoms with Crippen LogP contribution in [0.2, 0.25) is 0 Å². The normalized spacial score (nSPS) is 22.6. The van der Waals surface area contributed by atoms with Gasteiger partial charge in [-0.25, -0.2) is 0 Å². The van der Waals surface area contributed by atoms with Crippen molar-refractivity contribution in [3.05, 3.63) is 30.1 Å². The number of likely N-dealkylation sites (tertiary alicyclic amines) is 1. The Hall–Kier alpha value is -1.95. The van der Waals surface area contributed by atoms with E-state index in [0.29, 0.717) is 13.1 Å². The van der Waals surface area contributed by atoms with Crippen molar-refractivity contribution in [1.29, 1.82) is 0 Å². The lowest BCUT2D eigenvalue weighted by Gasteiger charge is -2.35. The third-order valence-corrected chi connectivity index (χ3v) is 4.38. The Morgan fingerprint density at radius 1 is 1.32 bits per heavy atom. The molecule has 3 heterocycles. The molecule has 2 saturated heterocycles. The summed E-state index contributed by atoms with van der Waals surface area (Å²) >= 11 is 0. The van der Waals surface area contributed by atoms with Gasteiger partial charge in [0, 0.05) is 45.1 Å². The average Bonchev–Trinajstić information content (AvgIpc) is 3.06. The van der Waals surface area contributed by atoms with Gasteiger partial charge in [0.2, 0.25) is 11.8 Å². The summed E-state index contributed by atoms with van der Waals surface area (Å²) in [6.07, 6.45) is 5.96. The lowest BCUT2D eigenvalue weighted by molar-refractivity contribution is -0.138. The molecule has 0 aromatic carbocycles. The molecule has 1 unspecified atom stereocenters. The first-order valence-corrected chi connectivity index (χ1v) is 7.92. The minimum absolute atomic E-state index is 0.0392. The number of carbonyl (C=O) groups excluding carboxylic acids is 2. The molecule has 2 aliphatic rings. The smallest absolute Gasteiger partial charge is 0.237 e. The van der Waals surface area contributed by atoms with Gasteiger partial charge in [0.25, 0.3) is 0 Å². The maximum absolute atomic E-state index is 12.4. The van der Waals surface area contributed by atoms with Crippen LogP contribution in [-0.4, -0.2) is 58.8 Å². The average molecular weight is 302 g/mol. The zero-order valence-corrected chi connectivity index (χ0v) is 12.7. The van der Waals surface area contributed by atoms with Gasteiger partial charge in [0.05, 0.1) is 12.5 Å². The Bertz CT molecular complexity index is 528. The van der Waals surface area contributed by atoms with Crippen molar-refractivity contribution in [2.45, 2.75) is 31.8 Å². The fourth-order valence-corrected chi connectivity index (χ4v) is 3.16. The third kappa shape index (κ3) is 3.44. The standard InChI is InChI=1S/C16H22N4O2/c21-15(19-7-1-2-8-19)10-14-16(22)18-6-9-20(14)12-13-4-3-5-17-11-13/h3-5,11,14H,1-2,6-10,12H2,(H,18,22). The highest BCUT2D eigenvalue weighted by molar-refractivity contribution is 5.88. The molecule has 3 rings (SSSR count). The van der Waals surface area contributed by atoms with E-state index in [1.54, 1.807) is 6.20 Å². The van der Waals surface area contributed by atoms with Gasteiger partial charge in [0.15, 0.2) is 0 Å². The Morgan fingerprint density at radius 2 is 2.14 bits per heavy atom. The Kier molecular flexibility index (Phi) is 4.68. The van der Waals surface area contributed by atoms with Crippen molar-refractivity contribution < 1.29 is 9.59 Å². The van der Waals surface area contributed by atoms with Gasteiger partial charge < -0.3 is 10.2 Å². The minimum atomic E-state index is -0.373. The molecule has 1 atom stereocenters. The second-order valence-electron chi connectivity index (χ2n) is 5.93. The quantitative estimate of drug-likeness (QED) is 0.874. The summed E-state index contributed by atoms with van der Waals surface area (Å²) in [4.78, 5) is 32.7. The van der Waals surface area contributed by atoms with E-state index in [1.807, 2.05) is 23.2 Å². The van der Waals surface area contributed by atoms with Crippen LogP contribution in [-0.2, 0) is 16.1 Å². The van der Waals surface area contributed by atoms with Crippen LogP contribution in [0.1, 0.15) is 24.8 Å². The van der Waals surface area contributed by atoms with Crippen LogP contribution in [0.15, 0.2) is 24.5 Å². The fraction of sp³-hybridized carbons (Fsp3) is 0.562. The largest absolute Gasteiger partial charge is 0.353 e. The van der Waals surface area contributed by atoms with Crippen LogP contribution >= 0.6 is 0 Å². The first-order chi connectivity index (χ1) is 10.7. The summed E-state index contributed by atoms with van der Waals surface area (Å²) in [6, 6.07) is 3.52. The molecule has 6 nitrogen and oxygen atoms in total. The second kappa shape index (κ2) is 6.87. The van der Waals surface area contributed by atoms with E-state index < -0.39 is 0 Å². The van der Waals surface area contributed by atoms with E-state index >= 15 is 0 Å². The number of carbonyl (C=O) groups is 2. The van der Waals surface area contributed by atoms with Crippen molar-refractivity contribution in [2.24, 2.45) is 0 Å². The summed E-state index contributed by atoms with van der Waals surface area (Å²) in [7, 11) is 0. The van der Waals surface area contributed by atoms with Gasteiger partial charge in [-0.3, -0.25) is 19.5 Å². The van der Waals surface area contributed by atoms with Crippen LogP contribution in [0.5, 0.6) is 0 Å². The van der Waals surface area contributed by atoms with Crippen LogP contribution < -0.4 is 5.32 Å². The number of amides is 2. The maximum Gasteiger partial charge on any atom is 0.237 e. The zero-order valence-electron chi connectivity index (χ0n) is 12.7. The van der Waals surface area contributed by atoms with Crippen LogP contribution in [0.4, 0.5) is 0 Å². The molecule has 0 aliphatic carbocycles. The topological polar surface area (TPSA) is 65.5 Å². The lowest BCUT2D eigenvalue weighted by atomic mass is 10.1. The number of rotatable bonds is 4. The molecule has 0 saturated carbocycles. The molecule has 118 valence electrons. The van der Waals surface area contributed by atoms with E-state index in [1.165, 1.54) is 0 Å². The minimum Gasteiger partial charge on any atom is -0.353 e. The number of aromatic nitrogens is 1. The van der Waals surface area contributed by atoms with Gasteiger partial charge in [-0.1, -0.05) is 6.07 Å². The van der Waals surface area contributed by atoms with Crippen molar-refractivity contribution >= 4 is 11.8 Å². The van der Waals surface area contributed by atoms with Gasteiger partial charge in [-0.05, 0) is 24.5 Å². The van der Waals surface area contributed by atoms with Crippen LogP contribution in [0.25, 0.3) is 0 Å². The van der Waals surface area contributed by atoms with Gasteiger partial charge in [-0.2, -0.15) is 0 Å². The van der Waals surface area contributed by atoms with E-state index in [4.69, 9.17) is 0 Å². The predicted molar refractivity (Wildman–Crippen MR) is 81.9 cm³/mol. The monoisotopic (exact) mass is 302 g/mol. The number of piperazine rings is 1. The molecule has 1 aromatic rings. The molecule has 2 fully saturated rings. The molecular formula is C16H22N4O2. The maximum atomic E-state index is 12.4. The summed E-state index contributed by atoms with van der Waals surface area (Å²) < 4.78 is 0. The molecule has 0 spiro atoms. The molecule has 0 bridgehead atoms. The van der Waals surface area contributed by atoms with Crippen molar-refractivity contribution in [3.63, 3.8) is 0 Å². The molecule has 1 N–H and O–H groups in total. The highest BCUT2D eigenvalue weighted by Crippen LogP contribution is 2.16. The van der Waals surface area contributed by atoms with Crippen LogP contribution in [0, 0.1) is 0 Å². The lowest BCUT2D eigenvalue weighted by Crippen LogP contribution is -2.56. The van der Waals surface area contributed by atoms with Gasteiger partial charge in [-0.15, -0.1) is 0 Å². The molecular weight excluding hydrogens is 280 g/mol. The Balaban J connectivity index is 1.67. The summed E-state index contributed by atoms with van der Waals surface area (Å²) in [5, 5.41) is 2.88. The van der Waals surface area contributed by atoms with Gasteiger partial charge in [0.1, 0.15) is 0 Å². The number of hydrogen-bond donors (Lipinski definition) is 1. The predicted octanol–water partition coefficient (Wildman–Crippen LogP) is 0.394. The first kappa shape index (κ1) is 15.0. The molecule has 6 heteroatoms. The highest BCUT2D eigenvalue weighted by Gasteiger charge is 2.33. The van der Waals surface area contributed by atoms with Crippen LogP contribution in [0.3, 0.4) is 0 Å². The first-order valence-electron chi connectivity index (χ1n) is 7.92. The number of hydrogen-bond acceptors (Lipinski definition) is 4. The number of pyridine rings is 1. The van der Waals surface area contributed by atoms with E-state index in [2.05, 4.69) is 15.2 Å². The highest BCUT2D eigenvalue weighted by atomic mass is 16.2. The summed E-state index contributed by atoms with van der Waals surface area (Å²) in [5.74, 6) is 0.0541. The summed E-state index contributed by atoms with van der Waals surface area (Å²) in [5.41, 5.74) is 1.07. The molecule has 2 aliphatic heterocycles. The molecule has 2 amide bonds. The van der Waals surface area contributed by atoms with Gasteiger partial charge >= 0.3 is 0 Å². The SMILES string of the molecule is O=C1NCCN(Cc2cccnc2)C1CC(=O)N1CCCC1. The summed E-state index contributed by atoms with van der Waals surface area (Å²) in [6.45, 7) is 3.71. The number of nitrogens with one attached hydrogen (secondary N) is 1. The zero-order chi connectivity index (χ0) is 15.4. The Labute approximate surface area is 130 Å². The number of nitrogens with zero attached hydrogens (tertiary/aromatic N) is 3. The van der Waals surface area contributed by atoms with Crippen molar-refractivity contribution in [3.8, 4) is 0 Å². The van der Waals surface area contributed by atoms with E-state index in [0.717, 1.165) is 38.0 Å². The fourth-order valence-electron chi connectivity index (χ4n) is 3.16. The molecule has 0 radical (unpaired) electrons. The molecule has 22 heavy (non-hydrogen) atoms. The van der Waals surface area contributed by atoms with Crippen molar-refractivity contribution in [1.82, 2.24) is 20.1 Å². The van der Waals surface area contributed by atoms with Crippen molar-refractivity contribution in [2.75, 3.05) is 26.2 Å². The molecule has 1 aromatic heterocycles. The second-order valence-corrected chi connectivity index (χ2v) is 5.93.